The molecular formula is C21H25F2N3O2. The van der Waals surface area contributed by atoms with E-state index in [4.69, 9.17) is 9.47 Å². The number of nitrogens with zero attached hydrogens (tertiary/aromatic N) is 2. The van der Waals surface area contributed by atoms with Gasteiger partial charge in [-0.3, -0.25) is 4.99 Å². The summed E-state index contributed by atoms with van der Waals surface area (Å²) in [6, 6.07) is 13.1. The van der Waals surface area contributed by atoms with Crippen LogP contribution >= 0.6 is 0 Å². The van der Waals surface area contributed by atoms with Crippen molar-refractivity contribution in [3.63, 3.8) is 0 Å². The highest BCUT2D eigenvalue weighted by Crippen LogP contribution is 2.19. The standard InChI is InChI=1S/C21H25F2N3O2/c1-24-21(25-11-14-27-20-8-7-16(22)15-19(20)23)26-12-9-18(10-13-26)28-17-5-3-2-4-6-17/h2-8,15,18H,9-14H2,1H3,(H,24,25). The van der Waals surface area contributed by atoms with Gasteiger partial charge in [-0.1, -0.05) is 18.2 Å². The van der Waals surface area contributed by atoms with Crippen LogP contribution in [-0.2, 0) is 0 Å². The second kappa shape index (κ2) is 9.92. The van der Waals surface area contributed by atoms with Gasteiger partial charge in [-0.15, -0.1) is 0 Å². The lowest BCUT2D eigenvalue weighted by molar-refractivity contribution is 0.129. The highest BCUT2D eigenvalue weighted by molar-refractivity contribution is 5.79. The quantitative estimate of drug-likeness (QED) is 0.467. The minimum Gasteiger partial charge on any atom is -0.490 e. The van der Waals surface area contributed by atoms with Crippen LogP contribution in [-0.4, -0.2) is 50.3 Å². The van der Waals surface area contributed by atoms with Gasteiger partial charge in [0, 0.05) is 39.0 Å². The van der Waals surface area contributed by atoms with Crippen molar-refractivity contribution in [3.05, 3.63) is 60.2 Å². The Morgan fingerprint density at radius 2 is 1.89 bits per heavy atom. The van der Waals surface area contributed by atoms with Crippen molar-refractivity contribution < 1.29 is 18.3 Å². The number of benzene rings is 2. The van der Waals surface area contributed by atoms with Crippen LogP contribution in [0.3, 0.4) is 0 Å². The van der Waals surface area contributed by atoms with E-state index in [1.807, 2.05) is 30.3 Å². The highest BCUT2D eigenvalue weighted by atomic mass is 19.1. The number of hydrogen-bond acceptors (Lipinski definition) is 3. The van der Waals surface area contributed by atoms with E-state index in [0.717, 1.165) is 43.7 Å². The van der Waals surface area contributed by atoms with Crippen molar-refractivity contribution in [2.75, 3.05) is 33.3 Å². The molecule has 0 atom stereocenters. The van der Waals surface area contributed by atoms with Gasteiger partial charge in [-0.2, -0.15) is 0 Å². The average Bonchev–Trinajstić information content (AvgIpc) is 2.71. The maximum Gasteiger partial charge on any atom is 0.193 e. The van der Waals surface area contributed by atoms with Crippen LogP contribution in [0.5, 0.6) is 11.5 Å². The molecule has 2 aromatic carbocycles. The van der Waals surface area contributed by atoms with Crippen LogP contribution in [0.2, 0.25) is 0 Å². The van der Waals surface area contributed by atoms with Gasteiger partial charge >= 0.3 is 0 Å². The van der Waals surface area contributed by atoms with Gasteiger partial charge in [0.1, 0.15) is 24.3 Å². The summed E-state index contributed by atoms with van der Waals surface area (Å²) in [6.45, 7) is 2.38. The van der Waals surface area contributed by atoms with Crippen LogP contribution in [0.15, 0.2) is 53.5 Å². The van der Waals surface area contributed by atoms with Crippen LogP contribution in [0.1, 0.15) is 12.8 Å². The zero-order valence-electron chi connectivity index (χ0n) is 15.9. The van der Waals surface area contributed by atoms with E-state index in [9.17, 15) is 8.78 Å². The number of nitrogens with one attached hydrogen (secondary N) is 1. The molecule has 150 valence electrons. The van der Waals surface area contributed by atoms with Crippen molar-refractivity contribution in [3.8, 4) is 11.5 Å². The number of ether oxygens (including phenoxy) is 2. The Balaban J connectivity index is 1.40. The number of guanidine groups is 1. The lowest BCUT2D eigenvalue weighted by atomic mass is 10.1. The summed E-state index contributed by atoms with van der Waals surface area (Å²) in [5, 5.41) is 3.22. The first-order valence-electron chi connectivity index (χ1n) is 9.41. The van der Waals surface area contributed by atoms with Gasteiger partial charge in [0.25, 0.3) is 0 Å². The lowest BCUT2D eigenvalue weighted by Gasteiger charge is -2.34. The summed E-state index contributed by atoms with van der Waals surface area (Å²) in [7, 11) is 1.73. The van der Waals surface area contributed by atoms with E-state index in [1.165, 1.54) is 12.1 Å². The maximum atomic E-state index is 13.6. The zero-order valence-corrected chi connectivity index (χ0v) is 15.9. The Morgan fingerprint density at radius 1 is 1.14 bits per heavy atom. The number of piperidine rings is 1. The molecule has 5 nitrogen and oxygen atoms in total. The number of para-hydroxylation sites is 1. The molecule has 3 rings (SSSR count). The fourth-order valence-electron chi connectivity index (χ4n) is 3.13. The maximum absolute atomic E-state index is 13.6. The number of halogens is 2. The van der Waals surface area contributed by atoms with E-state index < -0.39 is 11.6 Å². The van der Waals surface area contributed by atoms with Gasteiger partial charge in [-0.25, -0.2) is 8.78 Å². The number of aliphatic imine (C=N–C) groups is 1. The van der Waals surface area contributed by atoms with Crippen molar-refractivity contribution >= 4 is 5.96 Å². The SMILES string of the molecule is CN=C(NCCOc1ccc(F)cc1F)N1CCC(Oc2ccccc2)CC1. The van der Waals surface area contributed by atoms with Crippen LogP contribution in [0, 0.1) is 11.6 Å². The van der Waals surface area contributed by atoms with Crippen LogP contribution in [0.25, 0.3) is 0 Å². The predicted molar refractivity (Wildman–Crippen MR) is 105 cm³/mol. The average molecular weight is 389 g/mol. The molecule has 0 spiro atoms. The van der Waals surface area contributed by atoms with Crippen LogP contribution < -0.4 is 14.8 Å². The minimum atomic E-state index is -0.704. The molecule has 1 fully saturated rings. The molecular weight excluding hydrogens is 364 g/mol. The summed E-state index contributed by atoms with van der Waals surface area (Å²) in [6.07, 6.45) is 2.02. The normalized spacial score (nSPS) is 15.4. The van der Waals surface area contributed by atoms with Gasteiger partial charge < -0.3 is 19.7 Å². The Bertz CT molecular complexity index is 778. The summed E-state index contributed by atoms with van der Waals surface area (Å²) in [4.78, 5) is 6.48. The third-order valence-corrected chi connectivity index (χ3v) is 4.54. The third-order valence-electron chi connectivity index (χ3n) is 4.54. The molecule has 1 aliphatic heterocycles. The summed E-state index contributed by atoms with van der Waals surface area (Å²) in [5.41, 5.74) is 0. The predicted octanol–water partition coefficient (Wildman–Crippen LogP) is 3.46. The fraction of sp³-hybridized carbons (Fsp3) is 0.381. The number of rotatable bonds is 6. The molecule has 0 saturated carbocycles. The molecule has 1 heterocycles. The third kappa shape index (κ3) is 5.58. The molecule has 0 radical (unpaired) electrons. The highest BCUT2D eigenvalue weighted by Gasteiger charge is 2.22. The number of hydrogen-bond donors (Lipinski definition) is 1. The molecule has 1 saturated heterocycles. The molecule has 0 amide bonds. The fourth-order valence-corrected chi connectivity index (χ4v) is 3.13. The van der Waals surface area contributed by atoms with Gasteiger partial charge in [0.05, 0.1) is 6.54 Å². The second-order valence-electron chi connectivity index (χ2n) is 6.51. The smallest absolute Gasteiger partial charge is 0.193 e. The summed E-state index contributed by atoms with van der Waals surface area (Å²) < 4.78 is 37.8. The Morgan fingerprint density at radius 3 is 2.57 bits per heavy atom. The first kappa shape index (κ1) is 19.9. The first-order chi connectivity index (χ1) is 13.7. The van der Waals surface area contributed by atoms with Crippen molar-refractivity contribution in [1.29, 1.82) is 0 Å². The molecule has 28 heavy (non-hydrogen) atoms. The monoisotopic (exact) mass is 389 g/mol. The molecule has 1 N–H and O–H groups in total. The second-order valence-corrected chi connectivity index (χ2v) is 6.51. The molecule has 0 bridgehead atoms. The van der Waals surface area contributed by atoms with Crippen molar-refractivity contribution in [1.82, 2.24) is 10.2 Å². The largest absolute Gasteiger partial charge is 0.490 e. The van der Waals surface area contributed by atoms with E-state index in [-0.39, 0.29) is 18.5 Å². The topological polar surface area (TPSA) is 46.1 Å². The summed E-state index contributed by atoms with van der Waals surface area (Å²) in [5.74, 6) is 0.389. The minimum absolute atomic E-state index is 0.0389. The molecule has 0 aromatic heterocycles. The Labute approximate surface area is 164 Å². The molecule has 0 unspecified atom stereocenters. The molecule has 2 aromatic rings. The van der Waals surface area contributed by atoms with E-state index in [1.54, 1.807) is 7.05 Å². The summed E-state index contributed by atoms with van der Waals surface area (Å²) >= 11 is 0. The zero-order chi connectivity index (χ0) is 19.8. The van der Waals surface area contributed by atoms with Gasteiger partial charge in [0.15, 0.2) is 17.5 Å². The van der Waals surface area contributed by atoms with Gasteiger partial charge in [-0.05, 0) is 24.3 Å². The Hall–Kier alpha value is -2.83. The van der Waals surface area contributed by atoms with Crippen molar-refractivity contribution in [2.24, 2.45) is 4.99 Å². The van der Waals surface area contributed by atoms with Crippen LogP contribution in [0.4, 0.5) is 8.78 Å². The molecule has 7 heteroatoms. The lowest BCUT2D eigenvalue weighted by Crippen LogP contribution is -2.48. The van der Waals surface area contributed by atoms with E-state index in [0.29, 0.717) is 6.54 Å². The molecule has 0 aliphatic carbocycles. The van der Waals surface area contributed by atoms with E-state index >= 15 is 0 Å². The van der Waals surface area contributed by atoms with E-state index in [2.05, 4.69) is 15.2 Å². The molecule has 1 aliphatic rings. The van der Waals surface area contributed by atoms with Gasteiger partial charge in [0.2, 0.25) is 0 Å². The van der Waals surface area contributed by atoms with Crippen molar-refractivity contribution in [2.45, 2.75) is 18.9 Å². The Kier molecular flexibility index (Phi) is 7.06. The first-order valence-corrected chi connectivity index (χ1v) is 9.41. The number of likely N-dealkylation sites (tertiary alicyclic amines) is 1.